The Kier molecular flexibility index (Phi) is 4.59. The van der Waals surface area contributed by atoms with Crippen LogP contribution in [0.2, 0.25) is 0 Å². The molecular weight excluding hydrogens is 313 g/mol. The summed E-state index contributed by atoms with van der Waals surface area (Å²) in [6, 6.07) is 5.82. The van der Waals surface area contributed by atoms with Crippen LogP contribution in [0.1, 0.15) is 28.9 Å². The van der Waals surface area contributed by atoms with Gasteiger partial charge in [-0.3, -0.25) is 4.79 Å². The third kappa shape index (κ3) is 3.45. The van der Waals surface area contributed by atoms with Gasteiger partial charge < -0.3 is 9.64 Å². The summed E-state index contributed by atoms with van der Waals surface area (Å²) in [6.45, 7) is 2.91. The molecule has 6 nitrogen and oxygen atoms in total. The smallest absolute Gasteiger partial charge is 0.359 e. The minimum absolute atomic E-state index is 0.105. The van der Waals surface area contributed by atoms with Crippen molar-refractivity contribution in [3.63, 3.8) is 0 Å². The highest BCUT2D eigenvalue weighted by molar-refractivity contribution is 5.89. The fourth-order valence-electron chi connectivity index (χ4n) is 2.70. The molecule has 126 valence electrons. The van der Waals surface area contributed by atoms with Gasteiger partial charge in [-0.05, 0) is 49.6 Å². The number of nitrogens with zero attached hydrogens (tertiary/aromatic N) is 3. The average Bonchev–Trinajstić information content (AvgIpc) is 3.23. The lowest BCUT2D eigenvalue weighted by molar-refractivity contribution is -0.133. The number of ether oxygens (including phenoxy) is 1. The first-order valence-corrected chi connectivity index (χ1v) is 7.82. The number of halogens is 1. The zero-order valence-corrected chi connectivity index (χ0v) is 13.4. The molecule has 0 unspecified atom stereocenters. The lowest BCUT2D eigenvalue weighted by atomic mass is 10.2. The molecule has 2 aromatic rings. The van der Waals surface area contributed by atoms with Crippen molar-refractivity contribution in [1.29, 1.82) is 0 Å². The molecule has 7 heteroatoms. The van der Waals surface area contributed by atoms with Crippen molar-refractivity contribution in [2.45, 2.75) is 19.8 Å². The zero-order valence-electron chi connectivity index (χ0n) is 13.4. The first-order chi connectivity index (χ1) is 11.5. The fraction of sp³-hybridized carbons (Fsp3) is 0.353. The van der Waals surface area contributed by atoms with Crippen LogP contribution in [0.4, 0.5) is 4.39 Å². The second-order valence-electron chi connectivity index (χ2n) is 5.74. The molecule has 1 aromatic carbocycles. The summed E-state index contributed by atoms with van der Waals surface area (Å²) in [4.78, 5) is 25.6. The molecule has 0 radical (unpaired) electrons. The topological polar surface area (TPSA) is 64.4 Å². The maximum Gasteiger partial charge on any atom is 0.359 e. The molecule has 2 heterocycles. The van der Waals surface area contributed by atoms with Crippen molar-refractivity contribution < 1.29 is 18.7 Å². The van der Waals surface area contributed by atoms with Crippen LogP contribution in [-0.2, 0) is 9.53 Å². The monoisotopic (exact) mass is 331 g/mol. The summed E-state index contributed by atoms with van der Waals surface area (Å²) in [5.41, 5.74) is 1.47. The zero-order chi connectivity index (χ0) is 17.1. The molecular formula is C17H18FN3O3. The number of hydrogen-bond acceptors (Lipinski definition) is 4. The number of benzene rings is 1. The third-order valence-electron chi connectivity index (χ3n) is 3.99. The van der Waals surface area contributed by atoms with Crippen LogP contribution in [0.3, 0.4) is 0 Å². The van der Waals surface area contributed by atoms with Crippen LogP contribution < -0.4 is 0 Å². The first-order valence-electron chi connectivity index (χ1n) is 7.82. The van der Waals surface area contributed by atoms with Gasteiger partial charge in [0.25, 0.3) is 5.91 Å². The van der Waals surface area contributed by atoms with Gasteiger partial charge in [0.2, 0.25) is 0 Å². The number of aromatic nitrogens is 2. The summed E-state index contributed by atoms with van der Waals surface area (Å²) in [7, 11) is 0. The van der Waals surface area contributed by atoms with Gasteiger partial charge in [0, 0.05) is 19.3 Å². The third-order valence-corrected chi connectivity index (χ3v) is 3.99. The Labute approximate surface area is 138 Å². The van der Waals surface area contributed by atoms with Gasteiger partial charge >= 0.3 is 5.97 Å². The molecule has 0 N–H and O–H groups in total. The van der Waals surface area contributed by atoms with Gasteiger partial charge in [-0.15, -0.1) is 0 Å². The van der Waals surface area contributed by atoms with Gasteiger partial charge in [0.05, 0.1) is 5.69 Å². The average molecular weight is 331 g/mol. The van der Waals surface area contributed by atoms with Gasteiger partial charge in [0.15, 0.2) is 12.3 Å². The number of aryl methyl sites for hydroxylation is 1. The second-order valence-corrected chi connectivity index (χ2v) is 5.74. The van der Waals surface area contributed by atoms with Crippen molar-refractivity contribution in [2.75, 3.05) is 19.7 Å². The highest BCUT2D eigenvalue weighted by Gasteiger charge is 2.20. The fourth-order valence-corrected chi connectivity index (χ4v) is 2.70. The van der Waals surface area contributed by atoms with Crippen molar-refractivity contribution in [3.8, 4) is 5.69 Å². The molecule has 1 aliphatic rings. The minimum atomic E-state index is -0.652. The molecule has 1 fully saturated rings. The molecule has 1 aromatic heterocycles. The van der Waals surface area contributed by atoms with Gasteiger partial charge in [0.1, 0.15) is 5.82 Å². The number of carbonyl (C=O) groups excluding carboxylic acids is 2. The first kappa shape index (κ1) is 16.2. The Bertz CT molecular complexity index is 766. The predicted octanol–water partition coefficient (Wildman–Crippen LogP) is 2.10. The highest BCUT2D eigenvalue weighted by atomic mass is 19.1. The molecule has 1 amide bonds. The van der Waals surface area contributed by atoms with Gasteiger partial charge in [-0.2, -0.15) is 5.10 Å². The van der Waals surface area contributed by atoms with Crippen LogP contribution in [0.5, 0.6) is 0 Å². The maximum absolute atomic E-state index is 13.2. The Morgan fingerprint density at radius 2 is 2.00 bits per heavy atom. The van der Waals surface area contributed by atoms with Gasteiger partial charge in [-0.25, -0.2) is 13.9 Å². The standard InChI is InChI=1S/C17H18FN3O3/c1-12-10-13(18)4-5-15(12)21-9-6-14(19-21)17(23)24-11-16(22)20-7-2-3-8-20/h4-6,9-10H,2-3,7-8,11H2,1H3. The van der Waals surface area contributed by atoms with E-state index >= 15 is 0 Å². The Morgan fingerprint density at radius 3 is 2.71 bits per heavy atom. The van der Waals surface area contributed by atoms with Crippen molar-refractivity contribution in [1.82, 2.24) is 14.7 Å². The Morgan fingerprint density at radius 1 is 1.25 bits per heavy atom. The number of likely N-dealkylation sites (tertiary alicyclic amines) is 1. The molecule has 3 rings (SSSR count). The SMILES string of the molecule is Cc1cc(F)ccc1-n1ccc(C(=O)OCC(=O)N2CCCC2)n1. The lowest BCUT2D eigenvalue weighted by Crippen LogP contribution is -2.32. The van der Waals surface area contributed by atoms with E-state index in [4.69, 9.17) is 4.74 Å². The van der Waals surface area contributed by atoms with E-state index in [0.29, 0.717) is 11.3 Å². The van der Waals surface area contributed by atoms with E-state index in [1.54, 1.807) is 24.1 Å². The quantitative estimate of drug-likeness (QED) is 0.805. The van der Waals surface area contributed by atoms with Crippen LogP contribution in [0.25, 0.3) is 5.69 Å². The number of hydrogen-bond donors (Lipinski definition) is 0. The van der Waals surface area contributed by atoms with E-state index in [1.807, 2.05) is 0 Å². The van der Waals surface area contributed by atoms with E-state index in [0.717, 1.165) is 25.9 Å². The van der Waals surface area contributed by atoms with Crippen molar-refractivity contribution >= 4 is 11.9 Å². The Balaban J connectivity index is 1.64. The molecule has 0 spiro atoms. The van der Waals surface area contributed by atoms with E-state index in [-0.39, 0.29) is 24.0 Å². The highest BCUT2D eigenvalue weighted by Crippen LogP contribution is 2.15. The summed E-state index contributed by atoms with van der Waals surface area (Å²) < 4.78 is 19.7. The van der Waals surface area contributed by atoms with E-state index in [1.165, 1.54) is 22.9 Å². The van der Waals surface area contributed by atoms with E-state index in [2.05, 4.69) is 5.10 Å². The molecule has 24 heavy (non-hydrogen) atoms. The van der Waals surface area contributed by atoms with Crippen molar-refractivity contribution in [3.05, 3.63) is 47.5 Å². The summed E-state index contributed by atoms with van der Waals surface area (Å²) in [6.07, 6.45) is 3.57. The molecule has 0 saturated carbocycles. The molecule has 1 aliphatic heterocycles. The van der Waals surface area contributed by atoms with E-state index < -0.39 is 5.97 Å². The Hall–Kier alpha value is -2.70. The van der Waals surface area contributed by atoms with Crippen LogP contribution in [-0.4, -0.2) is 46.3 Å². The number of amides is 1. The largest absolute Gasteiger partial charge is 0.451 e. The van der Waals surface area contributed by atoms with Gasteiger partial charge in [-0.1, -0.05) is 0 Å². The van der Waals surface area contributed by atoms with Crippen LogP contribution in [0.15, 0.2) is 30.5 Å². The number of rotatable bonds is 4. The normalized spacial score (nSPS) is 14.0. The molecule has 0 atom stereocenters. The van der Waals surface area contributed by atoms with Crippen LogP contribution in [0, 0.1) is 12.7 Å². The number of carbonyl (C=O) groups is 2. The summed E-state index contributed by atoms with van der Waals surface area (Å²) >= 11 is 0. The number of esters is 1. The molecule has 1 saturated heterocycles. The van der Waals surface area contributed by atoms with Crippen molar-refractivity contribution in [2.24, 2.45) is 0 Å². The maximum atomic E-state index is 13.2. The minimum Gasteiger partial charge on any atom is -0.451 e. The van der Waals surface area contributed by atoms with E-state index in [9.17, 15) is 14.0 Å². The lowest BCUT2D eigenvalue weighted by Gasteiger charge is -2.14. The second kappa shape index (κ2) is 6.82. The predicted molar refractivity (Wildman–Crippen MR) is 84.4 cm³/mol. The summed E-state index contributed by atoms with van der Waals surface area (Å²) in [5.74, 6) is -1.17. The molecule has 0 aliphatic carbocycles. The summed E-state index contributed by atoms with van der Waals surface area (Å²) in [5, 5.41) is 4.14. The van der Waals surface area contributed by atoms with Crippen LogP contribution >= 0.6 is 0 Å². The molecule has 0 bridgehead atoms.